The molecule has 19 heavy (non-hydrogen) atoms. The van der Waals surface area contributed by atoms with E-state index in [4.69, 9.17) is 10.5 Å². The average Bonchev–Trinajstić information content (AvgIpc) is 2.39. The van der Waals surface area contributed by atoms with Crippen molar-refractivity contribution in [3.05, 3.63) is 52.5 Å². The Kier molecular flexibility index (Phi) is 5.16. The molecule has 0 atom stereocenters. The van der Waals surface area contributed by atoms with E-state index in [1.165, 1.54) is 5.56 Å². The van der Waals surface area contributed by atoms with Gasteiger partial charge in [0.05, 0.1) is 6.61 Å². The quantitative estimate of drug-likeness (QED) is 0.495. The van der Waals surface area contributed by atoms with Crippen LogP contribution < -0.4 is 10.5 Å². The second-order valence-electron chi connectivity index (χ2n) is 4.19. The number of hydrogen-bond acceptors (Lipinski definition) is 3. The lowest BCUT2D eigenvalue weighted by Crippen LogP contribution is -2.00. The largest absolute Gasteiger partial charge is 0.493 e. The van der Waals surface area contributed by atoms with E-state index >= 15 is 0 Å². The number of benzene rings is 2. The van der Waals surface area contributed by atoms with E-state index in [1.807, 2.05) is 37.3 Å². The van der Waals surface area contributed by atoms with Crippen LogP contribution in [0.15, 0.2) is 51.8 Å². The summed E-state index contributed by atoms with van der Waals surface area (Å²) in [5.74, 6) is 1.77. The molecule has 2 N–H and O–H groups in total. The lowest BCUT2D eigenvalue weighted by molar-refractivity contribution is 0.344. The molecule has 0 heterocycles. The average molecular weight is 338 g/mol. The fourth-order valence-electron chi connectivity index (χ4n) is 1.64. The maximum absolute atomic E-state index is 5.96. The Morgan fingerprint density at radius 1 is 1.16 bits per heavy atom. The van der Waals surface area contributed by atoms with Gasteiger partial charge in [0.15, 0.2) is 0 Å². The van der Waals surface area contributed by atoms with Crippen LogP contribution in [-0.4, -0.2) is 12.4 Å². The predicted molar refractivity (Wildman–Crippen MR) is 86.0 cm³/mol. The highest BCUT2D eigenvalue weighted by molar-refractivity contribution is 9.10. The van der Waals surface area contributed by atoms with E-state index in [1.54, 1.807) is 11.8 Å². The second kappa shape index (κ2) is 6.87. The van der Waals surface area contributed by atoms with Crippen LogP contribution in [0.5, 0.6) is 5.75 Å². The van der Waals surface area contributed by atoms with Gasteiger partial charge >= 0.3 is 0 Å². The van der Waals surface area contributed by atoms with Crippen molar-refractivity contribution in [1.82, 2.24) is 0 Å². The van der Waals surface area contributed by atoms with Gasteiger partial charge in [-0.1, -0.05) is 22.0 Å². The zero-order valence-electron chi connectivity index (χ0n) is 10.7. The van der Waals surface area contributed by atoms with Gasteiger partial charge < -0.3 is 10.5 Å². The van der Waals surface area contributed by atoms with Crippen molar-refractivity contribution in [3.63, 3.8) is 0 Å². The Balaban J connectivity index is 1.79. The molecule has 0 aliphatic heterocycles. The van der Waals surface area contributed by atoms with Gasteiger partial charge in [-0.05, 0) is 48.9 Å². The van der Waals surface area contributed by atoms with E-state index in [-0.39, 0.29) is 0 Å². The van der Waals surface area contributed by atoms with Crippen LogP contribution in [0, 0.1) is 6.92 Å². The molecule has 0 aliphatic carbocycles. The van der Waals surface area contributed by atoms with Gasteiger partial charge in [-0.3, -0.25) is 0 Å². The number of aryl methyl sites for hydroxylation is 1. The van der Waals surface area contributed by atoms with Crippen molar-refractivity contribution in [2.24, 2.45) is 0 Å². The highest BCUT2D eigenvalue weighted by Gasteiger charge is 2.00. The normalized spacial score (nSPS) is 10.4. The molecule has 0 unspecified atom stereocenters. The topological polar surface area (TPSA) is 35.2 Å². The maximum atomic E-state index is 5.96. The Labute approximate surface area is 126 Å². The molecule has 2 aromatic carbocycles. The summed E-state index contributed by atoms with van der Waals surface area (Å²) in [6.45, 7) is 2.71. The molecule has 2 aromatic rings. The summed E-state index contributed by atoms with van der Waals surface area (Å²) in [5.41, 5.74) is 7.99. The molecule has 0 aliphatic rings. The standard InChI is InChI=1S/C15H16BrNOS/c1-11-2-7-15(14(17)10-11)19-9-8-18-13-5-3-12(16)4-6-13/h2-7,10H,8-9,17H2,1H3. The molecule has 0 aromatic heterocycles. The molecule has 0 radical (unpaired) electrons. The van der Waals surface area contributed by atoms with E-state index < -0.39 is 0 Å². The molecule has 4 heteroatoms. The number of rotatable bonds is 5. The van der Waals surface area contributed by atoms with Crippen molar-refractivity contribution in [2.45, 2.75) is 11.8 Å². The molecule has 2 rings (SSSR count). The minimum absolute atomic E-state index is 0.666. The predicted octanol–water partition coefficient (Wildman–Crippen LogP) is 4.51. The van der Waals surface area contributed by atoms with Gasteiger partial charge in [-0.15, -0.1) is 11.8 Å². The SMILES string of the molecule is Cc1ccc(SCCOc2ccc(Br)cc2)c(N)c1. The summed E-state index contributed by atoms with van der Waals surface area (Å²) >= 11 is 5.12. The minimum Gasteiger partial charge on any atom is -0.493 e. The molecule has 0 bridgehead atoms. The zero-order valence-corrected chi connectivity index (χ0v) is 13.1. The van der Waals surface area contributed by atoms with Crippen LogP contribution >= 0.6 is 27.7 Å². The number of hydrogen-bond donors (Lipinski definition) is 1. The van der Waals surface area contributed by atoms with Crippen molar-refractivity contribution < 1.29 is 4.74 Å². The van der Waals surface area contributed by atoms with Crippen LogP contribution in [0.2, 0.25) is 0 Å². The van der Waals surface area contributed by atoms with Crippen LogP contribution in [0.1, 0.15) is 5.56 Å². The van der Waals surface area contributed by atoms with E-state index in [0.717, 1.165) is 26.6 Å². The van der Waals surface area contributed by atoms with Crippen LogP contribution in [-0.2, 0) is 0 Å². The summed E-state index contributed by atoms with van der Waals surface area (Å²) in [4.78, 5) is 1.12. The summed E-state index contributed by atoms with van der Waals surface area (Å²) in [6.07, 6.45) is 0. The summed E-state index contributed by atoms with van der Waals surface area (Å²) in [5, 5.41) is 0. The molecule has 100 valence electrons. The van der Waals surface area contributed by atoms with Gasteiger partial charge in [-0.25, -0.2) is 0 Å². The number of ether oxygens (including phenoxy) is 1. The van der Waals surface area contributed by atoms with Crippen molar-refractivity contribution in [3.8, 4) is 5.75 Å². The fraction of sp³-hybridized carbons (Fsp3) is 0.200. The third-order valence-electron chi connectivity index (χ3n) is 2.59. The zero-order chi connectivity index (χ0) is 13.7. The molecule has 0 amide bonds. The first-order valence-electron chi connectivity index (χ1n) is 6.02. The smallest absolute Gasteiger partial charge is 0.119 e. The molecular formula is C15H16BrNOS. The maximum Gasteiger partial charge on any atom is 0.119 e. The minimum atomic E-state index is 0.666. The van der Waals surface area contributed by atoms with Crippen molar-refractivity contribution >= 4 is 33.4 Å². The molecule has 0 saturated carbocycles. The molecule has 0 spiro atoms. The number of nitrogens with two attached hydrogens (primary N) is 1. The second-order valence-corrected chi connectivity index (χ2v) is 6.24. The number of nitrogen functional groups attached to an aromatic ring is 1. The van der Waals surface area contributed by atoms with E-state index in [0.29, 0.717) is 6.61 Å². The first-order valence-corrected chi connectivity index (χ1v) is 7.80. The molecule has 0 saturated heterocycles. The summed E-state index contributed by atoms with van der Waals surface area (Å²) in [6, 6.07) is 14.0. The Bertz CT molecular complexity index is 542. The lowest BCUT2D eigenvalue weighted by Gasteiger charge is -2.08. The van der Waals surface area contributed by atoms with Crippen LogP contribution in [0.4, 0.5) is 5.69 Å². The van der Waals surface area contributed by atoms with Crippen LogP contribution in [0.3, 0.4) is 0 Å². The highest BCUT2D eigenvalue weighted by Crippen LogP contribution is 2.25. The van der Waals surface area contributed by atoms with Crippen molar-refractivity contribution in [1.29, 1.82) is 0 Å². The van der Waals surface area contributed by atoms with Gasteiger partial charge in [-0.2, -0.15) is 0 Å². The number of thioether (sulfide) groups is 1. The van der Waals surface area contributed by atoms with Gasteiger partial charge in [0.2, 0.25) is 0 Å². The van der Waals surface area contributed by atoms with Crippen LogP contribution in [0.25, 0.3) is 0 Å². The Hall–Kier alpha value is -1.13. The van der Waals surface area contributed by atoms with Gasteiger partial charge in [0.1, 0.15) is 5.75 Å². The third-order valence-corrected chi connectivity index (χ3v) is 4.17. The van der Waals surface area contributed by atoms with Gasteiger partial charge in [0, 0.05) is 20.8 Å². The summed E-state index contributed by atoms with van der Waals surface area (Å²) in [7, 11) is 0. The first kappa shape index (κ1) is 14.3. The number of anilines is 1. The summed E-state index contributed by atoms with van der Waals surface area (Å²) < 4.78 is 6.72. The fourth-order valence-corrected chi connectivity index (χ4v) is 2.68. The monoisotopic (exact) mass is 337 g/mol. The molecule has 2 nitrogen and oxygen atoms in total. The van der Waals surface area contributed by atoms with E-state index in [9.17, 15) is 0 Å². The number of halogens is 1. The molecule has 0 fully saturated rings. The highest BCUT2D eigenvalue weighted by atomic mass is 79.9. The van der Waals surface area contributed by atoms with Crippen molar-refractivity contribution in [2.75, 3.05) is 18.1 Å². The van der Waals surface area contributed by atoms with E-state index in [2.05, 4.69) is 28.1 Å². The van der Waals surface area contributed by atoms with Gasteiger partial charge in [0.25, 0.3) is 0 Å². The third kappa shape index (κ3) is 4.48. The lowest BCUT2D eigenvalue weighted by atomic mass is 10.2. The first-order chi connectivity index (χ1) is 9.15. The Morgan fingerprint density at radius 2 is 1.89 bits per heavy atom. The Morgan fingerprint density at radius 3 is 2.58 bits per heavy atom. The molecular weight excluding hydrogens is 322 g/mol.